The fourth-order valence-electron chi connectivity index (χ4n) is 1.83. The molecule has 3 N–H and O–H groups in total. The van der Waals surface area contributed by atoms with Crippen LogP contribution in [0.25, 0.3) is 0 Å². The topological polar surface area (TPSA) is 72.2 Å². The van der Waals surface area contributed by atoms with Crippen LogP contribution in [0.3, 0.4) is 0 Å². The maximum Gasteiger partial charge on any atom is 0.261 e. The number of sulfonamides is 1. The van der Waals surface area contributed by atoms with E-state index in [4.69, 9.17) is 17.3 Å². The lowest BCUT2D eigenvalue weighted by Crippen LogP contribution is -2.15. The molecule has 0 atom stereocenters. The molecule has 0 unspecified atom stereocenters. The summed E-state index contributed by atoms with van der Waals surface area (Å²) in [5.41, 5.74) is 6.51. The summed E-state index contributed by atoms with van der Waals surface area (Å²) in [5.74, 6) is -0.537. The number of benzene rings is 2. The van der Waals surface area contributed by atoms with E-state index < -0.39 is 15.8 Å². The molecule has 4 nitrogen and oxygen atoms in total. The fraction of sp³-hybridized carbons (Fsp3) is 0.143. The molecule has 0 saturated heterocycles. The Balaban J connectivity index is 2.44. The van der Waals surface area contributed by atoms with Crippen LogP contribution < -0.4 is 10.5 Å². The predicted octanol–water partition coefficient (Wildman–Crippen LogP) is 3.05. The largest absolute Gasteiger partial charge is 0.326 e. The van der Waals surface area contributed by atoms with E-state index >= 15 is 0 Å². The molecular weight excluding hydrogens is 315 g/mol. The molecule has 0 fully saturated rings. The van der Waals surface area contributed by atoms with Crippen LogP contribution in [0.2, 0.25) is 5.02 Å². The number of anilines is 1. The molecule has 0 aliphatic rings. The molecule has 21 heavy (non-hydrogen) atoms. The molecule has 2 aromatic carbocycles. The molecule has 0 heterocycles. The molecular formula is C14H14ClFN2O2S. The lowest BCUT2D eigenvalue weighted by Gasteiger charge is -2.13. The number of rotatable bonds is 4. The number of hydrogen-bond acceptors (Lipinski definition) is 3. The van der Waals surface area contributed by atoms with Crippen molar-refractivity contribution >= 4 is 27.3 Å². The van der Waals surface area contributed by atoms with Crippen molar-refractivity contribution in [1.82, 2.24) is 0 Å². The van der Waals surface area contributed by atoms with Gasteiger partial charge >= 0.3 is 0 Å². The van der Waals surface area contributed by atoms with Gasteiger partial charge in [0.1, 0.15) is 5.82 Å². The molecule has 0 aromatic heterocycles. The van der Waals surface area contributed by atoms with E-state index in [9.17, 15) is 12.8 Å². The van der Waals surface area contributed by atoms with E-state index in [0.29, 0.717) is 16.3 Å². The number of nitrogens with one attached hydrogen (secondary N) is 1. The molecule has 0 amide bonds. The van der Waals surface area contributed by atoms with Crippen LogP contribution in [0.4, 0.5) is 10.1 Å². The number of para-hydroxylation sites is 1. The van der Waals surface area contributed by atoms with Gasteiger partial charge in [0, 0.05) is 12.1 Å². The number of hydrogen-bond donors (Lipinski definition) is 2. The third-order valence-electron chi connectivity index (χ3n) is 3.01. The Morgan fingerprint density at radius 2 is 2.00 bits per heavy atom. The SMILES string of the molecule is Cc1cccc(Cl)c1NS(=O)(=O)c1ccc(F)c(CN)c1. The Labute approximate surface area is 127 Å². The summed E-state index contributed by atoms with van der Waals surface area (Å²) in [5, 5.41) is 0.291. The summed E-state index contributed by atoms with van der Waals surface area (Å²) in [7, 11) is -3.86. The monoisotopic (exact) mass is 328 g/mol. The molecule has 2 aromatic rings. The first-order chi connectivity index (χ1) is 9.85. The van der Waals surface area contributed by atoms with Crippen LogP contribution in [0.5, 0.6) is 0 Å². The van der Waals surface area contributed by atoms with Gasteiger partial charge < -0.3 is 5.73 Å². The molecule has 0 aliphatic carbocycles. The van der Waals surface area contributed by atoms with Crippen LogP contribution >= 0.6 is 11.6 Å². The molecule has 0 bridgehead atoms. The Hall–Kier alpha value is -1.63. The van der Waals surface area contributed by atoms with Gasteiger partial charge in [-0.3, -0.25) is 4.72 Å². The average molecular weight is 329 g/mol. The fourth-order valence-corrected chi connectivity index (χ4v) is 3.36. The second-order valence-corrected chi connectivity index (χ2v) is 6.58. The summed E-state index contributed by atoms with van der Waals surface area (Å²) >= 11 is 6.00. The first-order valence-electron chi connectivity index (χ1n) is 6.11. The quantitative estimate of drug-likeness (QED) is 0.906. The Bertz CT molecular complexity index is 758. The van der Waals surface area contributed by atoms with Crippen LogP contribution in [0, 0.1) is 12.7 Å². The summed E-state index contributed by atoms with van der Waals surface area (Å²) in [4.78, 5) is -0.0660. The molecule has 7 heteroatoms. The molecule has 2 rings (SSSR count). The van der Waals surface area contributed by atoms with Crippen LogP contribution in [-0.4, -0.2) is 8.42 Å². The maximum absolute atomic E-state index is 13.4. The highest BCUT2D eigenvalue weighted by atomic mass is 35.5. The summed E-state index contributed by atoms with van der Waals surface area (Å²) in [6.45, 7) is 1.65. The van der Waals surface area contributed by atoms with Crippen molar-refractivity contribution in [1.29, 1.82) is 0 Å². The minimum atomic E-state index is -3.86. The Morgan fingerprint density at radius 3 is 2.62 bits per heavy atom. The normalized spacial score (nSPS) is 11.4. The maximum atomic E-state index is 13.4. The Kier molecular flexibility index (Phi) is 4.51. The Morgan fingerprint density at radius 1 is 1.29 bits per heavy atom. The summed E-state index contributed by atoms with van der Waals surface area (Å²) in [6.07, 6.45) is 0. The van der Waals surface area contributed by atoms with Crippen molar-refractivity contribution in [3.63, 3.8) is 0 Å². The van der Waals surface area contributed by atoms with Gasteiger partial charge in [-0.2, -0.15) is 0 Å². The minimum Gasteiger partial charge on any atom is -0.326 e. The number of aryl methyl sites for hydroxylation is 1. The molecule has 112 valence electrons. The zero-order chi connectivity index (χ0) is 15.6. The van der Waals surface area contributed by atoms with E-state index in [2.05, 4.69) is 4.72 Å². The molecule has 0 aliphatic heterocycles. The van der Waals surface area contributed by atoms with Crippen LogP contribution in [-0.2, 0) is 16.6 Å². The molecule has 0 radical (unpaired) electrons. The second kappa shape index (κ2) is 6.01. The number of halogens is 2. The van der Waals surface area contributed by atoms with Gasteiger partial charge in [0.05, 0.1) is 15.6 Å². The van der Waals surface area contributed by atoms with E-state index in [0.717, 1.165) is 6.07 Å². The predicted molar refractivity (Wildman–Crippen MR) is 81.3 cm³/mol. The van der Waals surface area contributed by atoms with E-state index in [1.807, 2.05) is 0 Å². The van der Waals surface area contributed by atoms with E-state index in [1.54, 1.807) is 25.1 Å². The summed E-state index contributed by atoms with van der Waals surface area (Å²) in [6, 6.07) is 8.52. The lowest BCUT2D eigenvalue weighted by molar-refractivity contribution is 0.596. The van der Waals surface area contributed by atoms with Crippen molar-refractivity contribution in [2.75, 3.05) is 4.72 Å². The van der Waals surface area contributed by atoms with Gasteiger partial charge in [-0.25, -0.2) is 12.8 Å². The van der Waals surface area contributed by atoms with E-state index in [-0.39, 0.29) is 17.0 Å². The first kappa shape index (κ1) is 15.8. The van der Waals surface area contributed by atoms with Gasteiger partial charge in [-0.1, -0.05) is 23.7 Å². The standard InChI is InChI=1S/C14H14ClFN2O2S/c1-9-3-2-4-12(15)14(9)18-21(19,20)11-5-6-13(16)10(7-11)8-17/h2-7,18H,8,17H2,1H3. The highest BCUT2D eigenvalue weighted by molar-refractivity contribution is 7.92. The van der Waals surface area contributed by atoms with Crippen molar-refractivity contribution in [3.05, 3.63) is 58.4 Å². The van der Waals surface area contributed by atoms with Gasteiger partial charge in [0.2, 0.25) is 0 Å². The molecule has 0 spiro atoms. The molecule has 0 saturated carbocycles. The van der Waals surface area contributed by atoms with Gasteiger partial charge in [0.25, 0.3) is 10.0 Å². The van der Waals surface area contributed by atoms with Crippen molar-refractivity contribution in [2.45, 2.75) is 18.4 Å². The van der Waals surface area contributed by atoms with Crippen molar-refractivity contribution < 1.29 is 12.8 Å². The van der Waals surface area contributed by atoms with Crippen molar-refractivity contribution in [3.8, 4) is 0 Å². The lowest BCUT2D eigenvalue weighted by atomic mass is 10.2. The van der Waals surface area contributed by atoms with Crippen LogP contribution in [0.15, 0.2) is 41.3 Å². The van der Waals surface area contributed by atoms with Crippen molar-refractivity contribution in [2.24, 2.45) is 5.73 Å². The van der Waals surface area contributed by atoms with Gasteiger partial charge in [-0.15, -0.1) is 0 Å². The highest BCUT2D eigenvalue weighted by Gasteiger charge is 2.18. The van der Waals surface area contributed by atoms with Gasteiger partial charge in [0.15, 0.2) is 0 Å². The van der Waals surface area contributed by atoms with Crippen LogP contribution in [0.1, 0.15) is 11.1 Å². The first-order valence-corrected chi connectivity index (χ1v) is 7.97. The smallest absolute Gasteiger partial charge is 0.261 e. The minimum absolute atomic E-state index is 0.0660. The average Bonchev–Trinajstić information content (AvgIpc) is 2.43. The summed E-state index contributed by atoms with van der Waals surface area (Å²) < 4.78 is 40.5. The zero-order valence-electron chi connectivity index (χ0n) is 11.2. The highest BCUT2D eigenvalue weighted by Crippen LogP contribution is 2.28. The third-order valence-corrected chi connectivity index (χ3v) is 4.67. The second-order valence-electron chi connectivity index (χ2n) is 4.49. The zero-order valence-corrected chi connectivity index (χ0v) is 12.8. The third kappa shape index (κ3) is 3.34. The number of nitrogens with two attached hydrogens (primary N) is 1. The van der Waals surface area contributed by atoms with Gasteiger partial charge in [-0.05, 0) is 36.8 Å². The van der Waals surface area contributed by atoms with E-state index in [1.165, 1.54) is 12.1 Å².